The molecule has 0 atom stereocenters. The zero-order valence-electron chi connectivity index (χ0n) is 12.4. The summed E-state index contributed by atoms with van der Waals surface area (Å²) in [6.45, 7) is 4.32. The lowest BCUT2D eigenvalue weighted by Gasteiger charge is -2.25. The van der Waals surface area contributed by atoms with E-state index in [9.17, 15) is 0 Å². The molecule has 0 bridgehead atoms. The average Bonchev–Trinajstić information content (AvgIpc) is 3.03. The fourth-order valence-corrected chi connectivity index (χ4v) is 2.62. The summed E-state index contributed by atoms with van der Waals surface area (Å²) in [5.41, 5.74) is 1.58. The van der Waals surface area contributed by atoms with Crippen LogP contribution >= 0.6 is 0 Å². The van der Waals surface area contributed by atoms with Crippen LogP contribution in [-0.4, -0.2) is 51.6 Å². The van der Waals surface area contributed by atoms with Gasteiger partial charge in [-0.3, -0.25) is 4.68 Å². The molecule has 0 saturated carbocycles. The van der Waals surface area contributed by atoms with Crippen molar-refractivity contribution < 1.29 is 4.74 Å². The molecule has 0 amide bonds. The maximum absolute atomic E-state index is 5.14. The molecule has 3 heterocycles. The number of methoxy groups -OCH3 is 1. The van der Waals surface area contributed by atoms with E-state index in [0.29, 0.717) is 5.88 Å². The van der Waals surface area contributed by atoms with Gasteiger partial charge in [-0.1, -0.05) is 17.7 Å². The van der Waals surface area contributed by atoms with Crippen LogP contribution < -0.4 is 4.74 Å². The van der Waals surface area contributed by atoms with Crippen LogP contribution in [0, 0.1) is 0 Å². The molecular weight excluding hydrogens is 266 g/mol. The summed E-state index contributed by atoms with van der Waals surface area (Å²) in [5.74, 6) is 0.593. The largest absolute Gasteiger partial charge is 0.481 e. The van der Waals surface area contributed by atoms with Crippen molar-refractivity contribution in [2.75, 3.05) is 26.7 Å². The Hall–Kier alpha value is -1.95. The predicted octanol–water partition coefficient (Wildman–Crippen LogP) is 1.83. The number of ether oxygens (including phenoxy) is 1. The number of hydrogen-bond acceptors (Lipinski definition) is 5. The summed E-state index contributed by atoms with van der Waals surface area (Å²) in [7, 11) is 1.61. The van der Waals surface area contributed by atoms with Gasteiger partial charge in [0, 0.05) is 12.6 Å². The summed E-state index contributed by atoms with van der Waals surface area (Å²) < 4.78 is 7.03. The molecule has 0 aliphatic carbocycles. The molecule has 0 aromatic carbocycles. The standard InChI is InChI=1S/C15H21N5O/c1-21-15-7-5-6-13(16-15)14-12-20(18-17-14)11-10-19-8-3-2-4-9-19/h5-7,12H,2-4,8-11H2,1H3. The smallest absolute Gasteiger partial charge is 0.213 e. The van der Waals surface area contributed by atoms with Crippen LogP contribution in [-0.2, 0) is 6.54 Å². The molecule has 2 aromatic rings. The average molecular weight is 287 g/mol. The van der Waals surface area contributed by atoms with Crippen molar-refractivity contribution in [3.05, 3.63) is 24.4 Å². The number of nitrogens with zero attached hydrogens (tertiary/aromatic N) is 5. The Morgan fingerprint density at radius 3 is 2.76 bits per heavy atom. The van der Waals surface area contributed by atoms with Gasteiger partial charge in [0.15, 0.2) is 0 Å². The van der Waals surface area contributed by atoms with Gasteiger partial charge in [0.05, 0.1) is 25.5 Å². The molecule has 1 aliphatic rings. The molecular formula is C15H21N5O. The number of hydrogen-bond donors (Lipinski definition) is 0. The summed E-state index contributed by atoms with van der Waals surface area (Å²) in [5, 5.41) is 8.39. The Bertz CT molecular complexity index is 577. The van der Waals surface area contributed by atoms with E-state index >= 15 is 0 Å². The Kier molecular flexibility index (Phi) is 4.45. The molecule has 0 N–H and O–H groups in total. The van der Waals surface area contributed by atoms with Gasteiger partial charge in [-0.25, -0.2) is 4.98 Å². The van der Waals surface area contributed by atoms with E-state index in [2.05, 4.69) is 20.2 Å². The SMILES string of the molecule is COc1cccc(-c2cn(CCN3CCCCC3)nn2)n1. The van der Waals surface area contributed by atoms with Crippen molar-refractivity contribution in [3.8, 4) is 17.3 Å². The Balaban J connectivity index is 1.62. The van der Waals surface area contributed by atoms with Gasteiger partial charge in [-0.05, 0) is 32.0 Å². The molecule has 3 rings (SSSR count). The molecule has 0 spiro atoms. The summed E-state index contributed by atoms with van der Waals surface area (Å²) in [4.78, 5) is 6.87. The predicted molar refractivity (Wildman–Crippen MR) is 80.1 cm³/mol. The Morgan fingerprint density at radius 1 is 1.10 bits per heavy atom. The highest BCUT2D eigenvalue weighted by molar-refractivity contribution is 5.52. The van der Waals surface area contributed by atoms with E-state index in [0.717, 1.165) is 24.5 Å². The molecule has 1 saturated heterocycles. The van der Waals surface area contributed by atoms with Gasteiger partial charge >= 0.3 is 0 Å². The first kappa shape index (κ1) is 14.0. The van der Waals surface area contributed by atoms with Gasteiger partial charge < -0.3 is 9.64 Å². The van der Waals surface area contributed by atoms with E-state index in [-0.39, 0.29) is 0 Å². The van der Waals surface area contributed by atoms with Crippen LogP contribution in [0.1, 0.15) is 19.3 Å². The fourth-order valence-electron chi connectivity index (χ4n) is 2.62. The van der Waals surface area contributed by atoms with E-state index in [1.807, 2.05) is 29.1 Å². The number of aromatic nitrogens is 4. The third-order valence-corrected chi connectivity index (χ3v) is 3.83. The first-order chi connectivity index (χ1) is 10.3. The van der Waals surface area contributed by atoms with E-state index in [4.69, 9.17) is 4.74 Å². The highest BCUT2D eigenvalue weighted by atomic mass is 16.5. The number of pyridine rings is 1. The molecule has 1 fully saturated rings. The van der Waals surface area contributed by atoms with E-state index in [1.165, 1.54) is 32.4 Å². The van der Waals surface area contributed by atoms with Crippen molar-refractivity contribution in [1.29, 1.82) is 0 Å². The van der Waals surface area contributed by atoms with Crippen molar-refractivity contribution in [3.63, 3.8) is 0 Å². The normalized spacial score (nSPS) is 16.0. The highest BCUT2D eigenvalue weighted by Gasteiger charge is 2.11. The minimum Gasteiger partial charge on any atom is -0.481 e. The van der Waals surface area contributed by atoms with Crippen LogP contribution in [0.25, 0.3) is 11.4 Å². The lowest BCUT2D eigenvalue weighted by Crippen LogP contribution is -2.32. The van der Waals surface area contributed by atoms with Crippen molar-refractivity contribution >= 4 is 0 Å². The first-order valence-corrected chi connectivity index (χ1v) is 7.49. The van der Waals surface area contributed by atoms with E-state index in [1.54, 1.807) is 7.11 Å². The number of piperidine rings is 1. The third kappa shape index (κ3) is 3.58. The second-order valence-electron chi connectivity index (χ2n) is 5.33. The lowest BCUT2D eigenvalue weighted by atomic mass is 10.1. The van der Waals surface area contributed by atoms with Gasteiger partial charge in [-0.15, -0.1) is 5.10 Å². The second kappa shape index (κ2) is 6.67. The molecule has 1 aliphatic heterocycles. The van der Waals surface area contributed by atoms with Gasteiger partial charge in [-0.2, -0.15) is 0 Å². The zero-order valence-corrected chi connectivity index (χ0v) is 12.4. The number of rotatable bonds is 5. The highest BCUT2D eigenvalue weighted by Crippen LogP contribution is 2.17. The molecule has 2 aromatic heterocycles. The van der Waals surface area contributed by atoms with Crippen LogP contribution in [0.3, 0.4) is 0 Å². The Labute approximate surface area is 124 Å². The van der Waals surface area contributed by atoms with Crippen molar-refractivity contribution in [2.24, 2.45) is 0 Å². The fraction of sp³-hybridized carbons (Fsp3) is 0.533. The third-order valence-electron chi connectivity index (χ3n) is 3.83. The monoisotopic (exact) mass is 287 g/mol. The summed E-state index contributed by atoms with van der Waals surface area (Å²) >= 11 is 0. The van der Waals surface area contributed by atoms with Gasteiger partial charge in [0.25, 0.3) is 0 Å². The molecule has 0 unspecified atom stereocenters. The van der Waals surface area contributed by atoms with Crippen LogP contribution in [0.15, 0.2) is 24.4 Å². The second-order valence-corrected chi connectivity index (χ2v) is 5.33. The molecule has 21 heavy (non-hydrogen) atoms. The maximum atomic E-state index is 5.14. The first-order valence-electron chi connectivity index (χ1n) is 7.49. The molecule has 6 nitrogen and oxygen atoms in total. The quantitative estimate of drug-likeness (QED) is 0.840. The minimum absolute atomic E-state index is 0.593. The topological polar surface area (TPSA) is 56.1 Å². The number of likely N-dealkylation sites (tertiary alicyclic amines) is 1. The summed E-state index contributed by atoms with van der Waals surface area (Å²) in [6.07, 6.45) is 5.95. The minimum atomic E-state index is 0.593. The van der Waals surface area contributed by atoms with E-state index < -0.39 is 0 Å². The van der Waals surface area contributed by atoms with Gasteiger partial charge in [0.2, 0.25) is 5.88 Å². The van der Waals surface area contributed by atoms with Crippen LogP contribution in [0.2, 0.25) is 0 Å². The Morgan fingerprint density at radius 2 is 1.95 bits per heavy atom. The van der Waals surface area contributed by atoms with Gasteiger partial charge in [0.1, 0.15) is 5.69 Å². The maximum Gasteiger partial charge on any atom is 0.213 e. The van der Waals surface area contributed by atoms with Crippen molar-refractivity contribution in [1.82, 2.24) is 24.9 Å². The lowest BCUT2D eigenvalue weighted by molar-refractivity contribution is 0.217. The molecule has 112 valence electrons. The molecule has 6 heteroatoms. The summed E-state index contributed by atoms with van der Waals surface area (Å²) in [6, 6.07) is 5.65. The van der Waals surface area contributed by atoms with Crippen LogP contribution in [0.4, 0.5) is 0 Å². The van der Waals surface area contributed by atoms with Crippen LogP contribution in [0.5, 0.6) is 5.88 Å². The molecule has 0 radical (unpaired) electrons. The van der Waals surface area contributed by atoms with Crippen molar-refractivity contribution in [2.45, 2.75) is 25.8 Å². The zero-order chi connectivity index (χ0) is 14.5.